The Bertz CT molecular complexity index is 841. The summed E-state index contributed by atoms with van der Waals surface area (Å²) in [6.45, 7) is 0.977. The van der Waals surface area contributed by atoms with Gasteiger partial charge in [-0.25, -0.2) is 13.1 Å². The summed E-state index contributed by atoms with van der Waals surface area (Å²) >= 11 is 1.04. The first-order valence-electron chi connectivity index (χ1n) is 6.73. The SMILES string of the molecule is O=C(C=Cc1ccc2c(c1)OCCO2)NS(=O)(=O)c1cccs1. The van der Waals surface area contributed by atoms with Crippen molar-refractivity contribution in [1.29, 1.82) is 0 Å². The lowest BCUT2D eigenvalue weighted by Crippen LogP contribution is -2.28. The molecular formula is C15H13NO5S2. The first-order chi connectivity index (χ1) is 11.0. The summed E-state index contributed by atoms with van der Waals surface area (Å²) in [7, 11) is -3.81. The molecule has 1 N–H and O–H groups in total. The first kappa shape index (κ1) is 15.6. The van der Waals surface area contributed by atoms with E-state index in [1.54, 1.807) is 29.6 Å². The van der Waals surface area contributed by atoms with Crippen LogP contribution in [0.4, 0.5) is 0 Å². The smallest absolute Gasteiger partial charge is 0.273 e. The van der Waals surface area contributed by atoms with E-state index in [-0.39, 0.29) is 4.21 Å². The summed E-state index contributed by atoms with van der Waals surface area (Å²) in [5, 5.41) is 1.63. The molecule has 8 heteroatoms. The van der Waals surface area contributed by atoms with Crippen molar-refractivity contribution >= 4 is 33.3 Å². The van der Waals surface area contributed by atoms with E-state index in [1.165, 1.54) is 12.1 Å². The molecule has 0 aliphatic carbocycles. The van der Waals surface area contributed by atoms with Crippen LogP contribution < -0.4 is 14.2 Å². The number of sulfonamides is 1. The van der Waals surface area contributed by atoms with Crippen LogP contribution in [0.1, 0.15) is 5.56 Å². The lowest BCUT2D eigenvalue weighted by Gasteiger charge is -2.18. The van der Waals surface area contributed by atoms with Crippen molar-refractivity contribution < 1.29 is 22.7 Å². The van der Waals surface area contributed by atoms with Crippen molar-refractivity contribution in [2.75, 3.05) is 13.2 Å². The molecule has 1 aromatic carbocycles. The van der Waals surface area contributed by atoms with Gasteiger partial charge in [0.2, 0.25) is 0 Å². The molecule has 0 spiro atoms. The van der Waals surface area contributed by atoms with Crippen LogP contribution in [0.15, 0.2) is 46.0 Å². The molecule has 0 saturated heterocycles. The molecule has 1 aliphatic heterocycles. The van der Waals surface area contributed by atoms with E-state index in [4.69, 9.17) is 9.47 Å². The first-order valence-corrected chi connectivity index (χ1v) is 9.09. The number of carbonyl (C=O) groups is 1. The van der Waals surface area contributed by atoms with Crippen molar-refractivity contribution in [3.8, 4) is 11.5 Å². The van der Waals surface area contributed by atoms with E-state index >= 15 is 0 Å². The fourth-order valence-electron chi connectivity index (χ4n) is 1.97. The lowest BCUT2D eigenvalue weighted by molar-refractivity contribution is -0.114. The number of benzene rings is 1. The number of thiophene rings is 1. The molecule has 2 heterocycles. The maximum Gasteiger partial charge on any atom is 0.273 e. The third-order valence-electron chi connectivity index (χ3n) is 2.99. The molecule has 1 aliphatic rings. The van der Waals surface area contributed by atoms with Crippen LogP contribution in [0, 0.1) is 0 Å². The van der Waals surface area contributed by atoms with E-state index in [0.29, 0.717) is 30.3 Å². The summed E-state index contributed by atoms with van der Waals surface area (Å²) in [5.74, 6) is 0.538. The van der Waals surface area contributed by atoms with Gasteiger partial charge in [-0.05, 0) is 35.2 Å². The number of ether oxygens (including phenoxy) is 2. The maximum absolute atomic E-state index is 11.9. The van der Waals surface area contributed by atoms with Gasteiger partial charge in [-0.1, -0.05) is 12.1 Å². The monoisotopic (exact) mass is 351 g/mol. The highest BCUT2D eigenvalue weighted by Gasteiger charge is 2.17. The Hall–Kier alpha value is -2.32. The Balaban J connectivity index is 1.69. The number of nitrogens with one attached hydrogen (secondary N) is 1. The van der Waals surface area contributed by atoms with Crippen molar-refractivity contribution in [3.05, 3.63) is 47.4 Å². The van der Waals surface area contributed by atoms with Gasteiger partial charge in [0.1, 0.15) is 17.4 Å². The molecule has 0 bridgehead atoms. The van der Waals surface area contributed by atoms with Crippen LogP contribution in [0.5, 0.6) is 11.5 Å². The molecule has 0 radical (unpaired) electrons. The Labute approximate surface area is 137 Å². The van der Waals surface area contributed by atoms with Gasteiger partial charge in [-0.2, -0.15) is 0 Å². The summed E-state index contributed by atoms with van der Waals surface area (Å²) in [6, 6.07) is 8.27. The van der Waals surface area contributed by atoms with Crippen LogP contribution in [0.25, 0.3) is 6.08 Å². The second-order valence-electron chi connectivity index (χ2n) is 4.64. The molecule has 1 amide bonds. The third kappa shape index (κ3) is 3.72. The number of amides is 1. The van der Waals surface area contributed by atoms with Gasteiger partial charge in [0.25, 0.3) is 15.9 Å². The molecule has 0 unspecified atom stereocenters. The second-order valence-corrected chi connectivity index (χ2v) is 7.50. The Morgan fingerprint density at radius 1 is 1.17 bits per heavy atom. The molecule has 6 nitrogen and oxygen atoms in total. The largest absolute Gasteiger partial charge is 0.486 e. The molecule has 0 atom stereocenters. The highest BCUT2D eigenvalue weighted by Crippen LogP contribution is 2.31. The molecule has 120 valence electrons. The predicted octanol–water partition coefficient (Wildman–Crippen LogP) is 2.04. The summed E-state index contributed by atoms with van der Waals surface area (Å²) < 4.78 is 36.8. The Morgan fingerprint density at radius 3 is 2.70 bits per heavy atom. The number of carbonyl (C=O) groups excluding carboxylic acids is 1. The van der Waals surface area contributed by atoms with Gasteiger partial charge in [0, 0.05) is 6.08 Å². The zero-order valence-electron chi connectivity index (χ0n) is 11.9. The van der Waals surface area contributed by atoms with E-state index < -0.39 is 15.9 Å². The maximum atomic E-state index is 11.9. The van der Waals surface area contributed by atoms with Gasteiger partial charge in [-0.3, -0.25) is 4.79 Å². The van der Waals surface area contributed by atoms with Crippen molar-refractivity contribution in [2.24, 2.45) is 0 Å². The molecule has 2 aromatic rings. The van der Waals surface area contributed by atoms with Crippen molar-refractivity contribution in [2.45, 2.75) is 4.21 Å². The highest BCUT2D eigenvalue weighted by molar-refractivity contribution is 7.92. The highest BCUT2D eigenvalue weighted by atomic mass is 32.2. The van der Waals surface area contributed by atoms with Crippen LogP contribution in [0.3, 0.4) is 0 Å². The Morgan fingerprint density at radius 2 is 1.96 bits per heavy atom. The van der Waals surface area contributed by atoms with Gasteiger partial charge >= 0.3 is 0 Å². The van der Waals surface area contributed by atoms with Crippen LogP contribution >= 0.6 is 11.3 Å². The van der Waals surface area contributed by atoms with E-state index in [0.717, 1.165) is 17.4 Å². The molecule has 0 saturated carbocycles. The summed E-state index contributed by atoms with van der Waals surface area (Å²) in [4.78, 5) is 11.8. The zero-order chi connectivity index (χ0) is 16.3. The second kappa shape index (κ2) is 6.43. The number of fused-ring (bicyclic) bond motifs is 1. The van der Waals surface area contributed by atoms with Crippen LogP contribution in [-0.2, 0) is 14.8 Å². The lowest BCUT2D eigenvalue weighted by atomic mass is 10.2. The van der Waals surface area contributed by atoms with Gasteiger partial charge < -0.3 is 9.47 Å². The van der Waals surface area contributed by atoms with Gasteiger partial charge in [-0.15, -0.1) is 11.3 Å². The van der Waals surface area contributed by atoms with E-state index in [2.05, 4.69) is 0 Å². The minimum absolute atomic E-state index is 0.0959. The van der Waals surface area contributed by atoms with Crippen molar-refractivity contribution in [3.63, 3.8) is 0 Å². The number of hydrogen-bond donors (Lipinski definition) is 1. The van der Waals surface area contributed by atoms with Crippen LogP contribution in [-0.4, -0.2) is 27.5 Å². The Kier molecular flexibility index (Phi) is 4.35. The van der Waals surface area contributed by atoms with Gasteiger partial charge in [0.05, 0.1) is 0 Å². The van der Waals surface area contributed by atoms with Crippen molar-refractivity contribution in [1.82, 2.24) is 4.72 Å². The fraction of sp³-hybridized carbons (Fsp3) is 0.133. The molecule has 3 rings (SSSR count). The summed E-state index contributed by atoms with van der Waals surface area (Å²) in [6.07, 6.45) is 2.67. The van der Waals surface area contributed by atoms with Gasteiger partial charge in [0.15, 0.2) is 11.5 Å². The summed E-state index contributed by atoms with van der Waals surface area (Å²) in [5.41, 5.74) is 0.706. The van der Waals surface area contributed by atoms with E-state index in [1.807, 2.05) is 4.72 Å². The minimum atomic E-state index is -3.81. The molecule has 23 heavy (non-hydrogen) atoms. The zero-order valence-corrected chi connectivity index (χ0v) is 13.5. The third-order valence-corrected chi connectivity index (χ3v) is 5.73. The quantitative estimate of drug-likeness (QED) is 0.853. The van der Waals surface area contributed by atoms with E-state index in [9.17, 15) is 13.2 Å². The predicted molar refractivity (Wildman–Crippen MR) is 86.1 cm³/mol. The topological polar surface area (TPSA) is 81.7 Å². The number of hydrogen-bond acceptors (Lipinski definition) is 6. The fourth-order valence-corrected chi connectivity index (χ4v) is 3.91. The number of rotatable bonds is 4. The molecule has 0 fully saturated rings. The normalized spacial score (nSPS) is 13.9. The minimum Gasteiger partial charge on any atom is -0.486 e. The van der Waals surface area contributed by atoms with Crippen LogP contribution in [0.2, 0.25) is 0 Å². The average molecular weight is 351 g/mol. The molecular weight excluding hydrogens is 338 g/mol. The molecule has 1 aromatic heterocycles. The average Bonchev–Trinajstić information content (AvgIpc) is 3.08. The standard InChI is InChI=1S/C15H13NO5S2/c17-14(16-23(18,19)15-2-1-9-22-15)6-4-11-3-5-12-13(10-11)21-8-7-20-12/h1-6,9-10H,7-8H2,(H,16,17).